The van der Waals surface area contributed by atoms with Crippen LogP contribution in [0.15, 0.2) is 53.3 Å². The second-order valence-electron chi connectivity index (χ2n) is 5.46. The van der Waals surface area contributed by atoms with Crippen molar-refractivity contribution in [2.75, 3.05) is 11.9 Å². The number of anilines is 1. The molecule has 6 nitrogen and oxygen atoms in total. The Kier molecular flexibility index (Phi) is 3.73. The lowest BCUT2D eigenvalue weighted by Crippen LogP contribution is -2.34. The Bertz CT molecular complexity index is 993. The number of phenols is 1. The van der Waals surface area contributed by atoms with Crippen molar-refractivity contribution in [1.29, 1.82) is 0 Å². The Morgan fingerprint density at radius 3 is 2.38 bits per heavy atom. The van der Waals surface area contributed by atoms with Crippen molar-refractivity contribution in [1.82, 2.24) is 4.57 Å². The van der Waals surface area contributed by atoms with E-state index in [-0.39, 0.29) is 22.2 Å². The maximum Gasteiger partial charge on any atom is 0.267 e. The van der Waals surface area contributed by atoms with E-state index in [9.17, 15) is 19.8 Å². The van der Waals surface area contributed by atoms with Crippen molar-refractivity contribution in [3.8, 4) is 11.5 Å². The maximum atomic E-state index is 12.8. The number of aryl methyl sites for hydroxylation is 1. The van der Waals surface area contributed by atoms with Gasteiger partial charge in [0.05, 0.1) is 5.52 Å². The van der Waals surface area contributed by atoms with E-state index < -0.39 is 17.2 Å². The van der Waals surface area contributed by atoms with Crippen LogP contribution in [0.2, 0.25) is 0 Å². The molecule has 0 saturated carbocycles. The number of carbonyl (C=O) groups excluding carboxylic acids is 1. The van der Waals surface area contributed by atoms with Gasteiger partial charge in [-0.25, -0.2) is 0 Å². The zero-order valence-corrected chi connectivity index (χ0v) is 13.2. The highest BCUT2D eigenvalue weighted by Crippen LogP contribution is 2.32. The zero-order chi connectivity index (χ0) is 17.4. The number of carbonyl (C=O) groups is 1. The van der Waals surface area contributed by atoms with Crippen LogP contribution in [-0.2, 0) is 7.05 Å². The number of pyridine rings is 1. The van der Waals surface area contributed by atoms with Crippen molar-refractivity contribution in [3.05, 3.63) is 64.4 Å². The third kappa shape index (κ3) is 2.28. The number of rotatable bonds is 2. The van der Waals surface area contributed by atoms with Gasteiger partial charge in [-0.05, 0) is 24.3 Å². The average Bonchev–Trinajstić information content (AvgIpc) is 2.59. The summed E-state index contributed by atoms with van der Waals surface area (Å²) in [4.78, 5) is 26.6. The summed E-state index contributed by atoms with van der Waals surface area (Å²) in [6, 6.07) is 13.3. The van der Waals surface area contributed by atoms with Gasteiger partial charge in [0.25, 0.3) is 11.5 Å². The number of hydrogen-bond donors (Lipinski definition) is 2. The Morgan fingerprint density at radius 2 is 1.71 bits per heavy atom. The summed E-state index contributed by atoms with van der Waals surface area (Å²) in [5.74, 6) is -1.20. The minimum Gasteiger partial charge on any atom is -0.506 e. The Morgan fingerprint density at radius 1 is 1.04 bits per heavy atom. The molecule has 0 aliphatic heterocycles. The van der Waals surface area contributed by atoms with Crippen molar-refractivity contribution in [2.45, 2.75) is 0 Å². The smallest absolute Gasteiger partial charge is 0.267 e. The predicted octanol–water partition coefficient (Wildman–Crippen LogP) is 2.23. The highest BCUT2D eigenvalue weighted by Gasteiger charge is 2.25. The summed E-state index contributed by atoms with van der Waals surface area (Å²) in [6.45, 7) is 0. The van der Waals surface area contributed by atoms with E-state index in [1.807, 2.05) is 6.07 Å². The number of amides is 1. The molecule has 24 heavy (non-hydrogen) atoms. The van der Waals surface area contributed by atoms with E-state index in [4.69, 9.17) is 0 Å². The Labute approximate surface area is 137 Å². The first-order chi connectivity index (χ1) is 11.4. The van der Waals surface area contributed by atoms with Gasteiger partial charge in [-0.1, -0.05) is 24.3 Å². The molecular formula is C18H16N2O4. The van der Waals surface area contributed by atoms with E-state index in [0.717, 1.165) is 4.57 Å². The number of hydrogen-bond acceptors (Lipinski definition) is 4. The van der Waals surface area contributed by atoms with Crippen LogP contribution < -0.4 is 10.5 Å². The fourth-order valence-corrected chi connectivity index (χ4v) is 2.71. The van der Waals surface area contributed by atoms with Crippen LogP contribution in [0.4, 0.5) is 5.69 Å². The largest absolute Gasteiger partial charge is 0.506 e. The van der Waals surface area contributed by atoms with Crippen molar-refractivity contribution >= 4 is 22.5 Å². The molecule has 2 N–H and O–H groups in total. The molecular weight excluding hydrogens is 308 g/mol. The topological polar surface area (TPSA) is 82.8 Å². The molecule has 0 unspecified atom stereocenters. The minimum absolute atomic E-state index is 0.141. The number of para-hydroxylation sites is 2. The number of aromatic hydroxyl groups is 2. The third-order valence-corrected chi connectivity index (χ3v) is 4.02. The quantitative estimate of drug-likeness (QED) is 0.757. The predicted molar refractivity (Wildman–Crippen MR) is 91.7 cm³/mol. The highest BCUT2D eigenvalue weighted by atomic mass is 16.3. The second kappa shape index (κ2) is 5.73. The molecule has 1 heterocycles. The maximum absolute atomic E-state index is 12.8. The lowest BCUT2D eigenvalue weighted by atomic mass is 10.1. The molecule has 0 bridgehead atoms. The van der Waals surface area contributed by atoms with E-state index in [0.29, 0.717) is 5.69 Å². The first kappa shape index (κ1) is 15.6. The average molecular weight is 324 g/mol. The summed E-state index contributed by atoms with van der Waals surface area (Å²) in [7, 11) is 2.98. The summed E-state index contributed by atoms with van der Waals surface area (Å²) >= 11 is 0. The molecule has 0 aliphatic carbocycles. The molecule has 122 valence electrons. The van der Waals surface area contributed by atoms with Gasteiger partial charge < -0.3 is 19.7 Å². The van der Waals surface area contributed by atoms with E-state index in [1.54, 1.807) is 30.3 Å². The lowest BCUT2D eigenvalue weighted by Gasteiger charge is -2.19. The molecule has 1 amide bonds. The molecule has 0 spiro atoms. The number of benzene rings is 2. The molecule has 2 aromatic carbocycles. The van der Waals surface area contributed by atoms with Gasteiger partial charge in [-0.2, -0.15) is 0 Å². The van der Waals surface area contributed by atoms with Crippen LogP contribution in [0, 0.1) is 0 Å². The number of phenolic OH excluding ortho intramolecular Hbond substituents is 1. The molecule has 0 aliphatic rings. The van der Waals surface area contributed by atoms with Crippen molar-refractivity contribution in [2.24, 2.45) is 7.05 Å². The summed E-state index contributed by atoms with van der Waals surface area (Å²) in [5.41, 5.74) is -0.227. The first-order valence-corrected chi connectivity index (χ1v) is 7.30. The fourth-order valence-electron chi connectivity index (χ4n) is 2.71. The highest BCUT2D eigenvalue weighted by molar-refractivity contribution is 6.10. The number of fused-ring (bicyclic) bond motifs is 1. The van der Waals surface area contributed by atoms with Crippen LogP contribution in [-0.4, -0.2) is 27.7 Å². The van der Waals surface area contributed by atoms with E-state index in [1.165, 1.54) is 31.1 Å². The molecule has 0 atom stereocenters. The van der Waals surface area contributed by atoms with E-state index in [2.05, 4.69) is 0 Å². The lowest BCUT2D eigenvalue weighted by molar-refractivity contribution is 0.0988. The molecule has 3 rings (SSSR count). The minimum atomic E-state index is -0.672. The molecule has 0 fully saturated rings. The van der Waals surface area contributed by atoms with Crippen molar-refractivity contribution < 1.29 is 15.0 Å². The van der Waals surface area contributed by atoms with Crippen molar-refractivity contribution in [3.63, 3.8) is 0 Å². The summed E-state index contributed by atoms with van der Waals surface area (Å²) < 4.78 is 1.16. The first-order valence-electron chi connectivity index (χ1n) is 7.30. The zero-order valence-electron chi connectivity index (χ0n) is 13.2. The van der Waals surface area contributed by atoms with Gasteiger partial charge in [-0.3, -0.25) is 9.59 Å². The third-order valence-electron chi connectivity index (χ3n) is 4.02. The summed E-state index contributed by atoms with van der Waals surface area (Å²) in [6.07, 6.45) is 0. The van der Waals surface area contributed by atoms with Crippen LogP contribution >= 0.6 is 0 Å². The van der Waals surface area contributed by atoms with Gasteiger partial charge in [0.1, 0.15) is 17.1 Å². The number of aromatic nitrogens is 1. The number of nitrogens with zero attached hydrogens (tertiary/aromatic N) is 2. The molecule has 0 radical (unpaired) electrons. The fraction of sp³-hybridized carbons (Fsp3) is 0.111. The molecule has 6 heteroatoms. The Hall–Kier alpha value is -3.28. The molecule has 1 aromatic heterocycles. The van der Waals surface area contributed by atoms with E-state index >= 15 is 0 Å². The van der Waals surface area contributed by atoms with Gasteiger partial charge in [0.2, 0.25) is 0 Å². The standard InChI is InChI=1S/C18H16N2O4/c1-19(11-7-4-3-5-8-11)17(23)14-16(22)12-9-6-10-13(21)15(12)20(2)18(14)24/h3-10,21-22H,1-2H3. The normalized spacial score (nSPS) is 10.8. The van der Waals surface area contributed by atoms with Crippen LogP contribution in [0.5, 0.6) is 11.5 Å². The molecule has 0 saturated heterocycles. The Balaban J connectivity index is 2.24. The second-order valence-corrected chi connectivity index (χ2v) is 5.46. The van der Waals surface area contributed by atoms with Gasteiger partial charge in [0.15, 0.2) is 0 Å². The van der Waals surface area contributed by atoms with Gasteiger partial charge in [0, 0.05) is 25.2 Å². The van der Waals surface area contributed by atoms with Gasteiger partial charge in [-0.15, -0.1) is 0 Å². The molecule has 3 aromatic rings. The van der Waals surface area contributed by atoms with Crippen LogP contribution in [0.3, 0.4) is 0 Å². The monoisotopic (exact) mass is 324 g/mol. The van der Waals surface area contributed by atoms with Gasteiger partial charge >= 0.3 is 0 Å². The van der Waals surface area contributed by atoms with Crippen LogP contribution in [0.25, 0.3) is 10.9 Å². The summed E-state index contributed by atoms with van der Waals surface area (Å²) in [5, 5.41) is 20.7. The SMILES string of the molecule is CN(C(=O)c1c(O)c2cccc(O)c2n(C)c1=O)c1ccccc1. The van der Waals surface area contributed by atoms with Crippen LogP contribution in [0.1, 0.15) is 10.4 Å².